The van der Waals surface area contributed by atoms with Crippen molar-refractivity contribution in [3.63, 3.8) is 0 Å². The second kappa shape index (κ2) is 4.27. The van der Waals surface area contributed by atoms with E-state index in [1.54, 1.807) is 12.1 Å². The maximum atomic E-state index is 8.90. The fraction of sp³-hybridized carbons (Fsp3) is 0.857. The Kier molecular flexibility index (Phi) is 3.99. The molecule has 0 aliphatic heterocycles. The fourth-order valence-corrected chi connectivity index (χ4v) is 1.02. The lowest BCUT2D eigenvalue weighted by Crippen LogP contribution is -2.53. The van der Waals surface area contributed by atoms with Crippen molar-refractivity contribution in [3.05, 3.63) is 0 Å². The van der Waals surface area contributed by atoms with Crippen molar-refractivity contribution < 1.29 is 5.11 Å². The predicted octanol–water partition coefficient (Wildman–Crippen LogP) is -0.514. The Morgan fingerprint density at radius 2 is 2.08 bits per heavy atom. The lowest BCUT2D eigenvalue weighted by atomic mass is 10.1. The normalized spacial score (nSPS) is 13.2. The van der Waals surface area contributed by atoms with Crippen molar-refractivity contribution in [2.75, 3.05) is 13.7 Å². The van der Waals surface area contributed by atoms with Gasteiger partial charge in [-0.05, 0) is 20.8 Å². The average Bonchev–Trinajstić information content (AvgIpc) is 1.97. The van der Waals surface area contributed by atoms with Gasteiger partial charge in [0.1, 0.15) is 6.61 Å². The lowest BCUT2D eigenvalue weighted by Gasteiger charge is -2.36. The van der Waals surface area contributed by atoms with E-state index in [4.69, 9.17) is 10.9 Å². The molecule has 72 valence electrons. The van der Waals surface area contributed by atoms with E-state index in [9.17, 15) is 0 Å². The van der Waals surface area contributed by atoms with Crippen molar-refractivity contribution >= 4 is 5.84 Å². The molecule has 12 heavy (non-hydrogen) atoms. The van der Waals surface area contributed by atoms with Gasteiger partial charge >= 0.3 is 0 Å². The summed E-state index contributed by atoms with van der Waals surface area (Å²) in [5.41, 5.74) is 2.75. The first-order valence-corrected chi connectivity index (χ1v) is 3.82. The van der Waals surface area contributed by atoms with Gasteiger partial charge in [-0.15, -0.1) is 0 Å². The molecule has 0 bridgehead atoms. The number of hydrogen-bond donors (Lipinski definition) is 3. The maximum Gasteiger partial charge on any atom is 0.164 e. The molecule has 0 amide bonds. The smallest absolute Gasteiger partial charge is 0.164 e. The molecule has 0 atom stereocenters. The molecule has 0 saturated heterocycles. The summed E-state index contributed by atoms with van der Waals surface area (Å²) in [7, 11) is 1.76. The number of hydrazine groups is 1. The Labute approximate surface area is 73.2 Å². The number of hydrazone groups is 1. The molecule has 0 heterocycles. The van der Waals surface area contributed by atoms with E-state index in [-0.39, 0.29) is 12.1 Å². The third-order valence-electron chi connectivity index (χ3n) is 1.44. The van der Waals surface area contributed by atoms with Crippen molar-refractivity contribution in [2.24, 2.45) is 10.9 Å². The third-order valence-corrected chi connectivity index (χ3v) is 1.44. The van der Waals surface area contributed by atoms with Crippen LogP contribution in [0.2, 0.25) is 0 Å². The first-order valence-electron chi connectivity index (χ1n) is 3.82. The van der Waals surface area contributed by atoms with Crippen LogP contribution >= 0.6 is 0 Å². The van der Waals surface area contributed by atoms with Gasteiger partial charge in [0, 0.05) is 12.6 Å². The SMILES string of the molecule is CNN(/C(CO)=N\N)C(C)(C)C. The molecule has 0 radical (unpaired) electrons. The second-order valence-corrected chi connectivity index (χ2v) is 3.43. The van der Waals surface area contributed by atoms with E-state index in [0.717, 1.165) is 0 Å². The van der Waals surface area contributed by atoms with Gasteiger partial charge in [-0.3, -0.25) is 5.01 Å². The summed E-state index contributed by atoms with van der Waals surface area (Å²) in [5.74, 6) is 5.52. The standard InChI is InChI=1S/C7H18N4O/c1-7(2,3)11(9-4)6(5-12)10-8/h9,12H,5,8H2,1-4H3/b10-6-. The largest absolute Gasteiger partial charge is 0.388 e. The fourth-order valence-electron chi connectivity index (χ4n) is 1.02. The van der Waals surface area contributed by atoms with Crippen LogP contribution in [0.4, 0.5) is 0 Å². The Balaban J connectivity index is 4.55. The Morgan fingerprint density at radius 1 is 1.58 bits per heavy atom. The summed E-state index contributed by atoms with van der Waals surface area (Å²) in [4.78, 5) is 0. The first-order chi connectivity index (χ1) is 5.47. The maximum absolute atomic E-state index is 8.90. The summed E-state index contributed by atoms with van der Waals surface area (Å²) < 4.78 is 0. The number of aliphatic hydroxyl groups is 1. The number of nitrogens with two attached hydrogens (primary N) is 1. The molecule has 0 aromatic carbocycles. The predicted molar refractivity (Wildman–Crippen MR) is 49.4 cm³/mol. The Hall–Kier alpha value is -0.810. The summed E-state index contributed by atoms with van der Waals surface area (Å²) >= 11 is 0. The molecular weight excluding hydrogens is 156 g/mol. The minimum atomic E-state index is -0.172. The van der Waals surface area contributed by atoms with Crippen LogP contribution < -0.4 is 11.3 Å². The molecule has 0 unspecified atom stereocenters. The van der Waals surface area contributed by atoms with Gasteiger partial charge in [0.05, 0.1) is 0 Å². The Bertz CT molecular complexity index is 161. The zero-order valence-corrected chi connectivity index (χ0v) is 8.13. The van der Waals surface area contributed by atoms with Crippen LogP contribution in [-0.2, 0) is 0 Å². The van der Waals surface area contributed by atoms with E-state index >= 15 is 0 Å². The van der Waals surface area contributed by atoms with Crippen LogP contribution in [0.15, 0.2) is 5.10 Å². The number of rotatable bonds is 2. The van der Waals surface area contributed by atoms with Crippen LogP contribution in [0, 0.1) is 0 Å². The van der Waals surface area contributed by atoms with Gasteiger partial charge in [-0.2, -0.15) is 5.10 Å². The highest BCUT2D eigenvalue weighted by Crippen LogP contribution is 2.10. The monoisotopic (exact) mass is 174 g/mol. The summed E-state index contributed by atoms with van der Waals surface area (Å²) in [5, 5.41) is 14.1. The minimum absolute atomic E-state index is 0.157. The highest BCUT2D eigenvalue weighted by molar-refractivity contribution is 5.83. The zero-order valence-electron chi connectivity index (χ0n) is 8.13. The molecule has 0 fully saturated rings. The molecule has 0 aromatic heterocycles. The second-order valence-electron chi connectivity index (χ2n) is 3.43. The average molecular weight is 174 g/mol. The van der Waals surface area contributed by atoms with Crippen molar-refractivity contribution in [1.29, 1.82) is 0 Å². The third kappa shape index (κ3) is 2.67. The Morgan fingerprint density at radius 3 is 2.17 bits per heavy atom. The highest BCUT2D eigenvalue weighted by atomic mass is 16.3. The van der Waals surface area contributed by atoms with E-state index in [0.29, 0.717) is 5.84 Å². The summed E-state index contributed by atoms with van der Waals surface area (Å²) in [6.45, 7) is 5.80. The number of amidine groups is 1. The van der Waals surface area contributed by atoms with Gasteiger partial charge < -0.3 is 10.9 Å². The van der Waals surface area contributed by atoms with E-state index in [1.807, 2.05) is 20.8 Å². The van der Waals surface area contributed by atoms with Crippen LogP contribution in [0.5, 0.6) is 0 Å². The number of aliphatic hydroxyl groups excluding tert-OH is 1. The number of hydrogen-bond acceptors (Lipinski definition) is 4. The topological polar surface area (TPSA) is 73.9 Å². The molecular formula is C7H18N4O. The molecule has 4 N–H and O–H groups in total. The van der Waals surface area contributed by atoms with Crippen molar-refractivity contribution in [3.8, 4) is 0 Å². The quantitative estimate of drug-likeness (QED) is 0.228. The summed E-state index contributed by atoms with van der Waals surface area (Å²) in [6.07, 6.45) is 0. The molecule has 0 saturated carbocycles. The van der Waals surface area contributed by atoms with E-state index in [2.05, 4.69) is 10.5 Å². The molecule has 0 rings (SSSR count). The van der Waals surface area contributed by atoms with Crippen LogP contribution in [-0.4, -0.2) is 35.1 Å². The molecule has 0 aliphatic carbocycles. The van der Waals surface area contributed by atoms with Gasteiger partial charge in [0.2, 0.25) is 0 Å². The van der Waals surface area contributed by atoms with E-state index in [1.165, 1.54) is 0 Å². The number of nitrogens with zero attached hydrogens (tertiary/aromatic N) is 2. The van der Waals surface area contributed by atoms with Gasteiger partial charge in [0.25, 0.3) is 0 Å². The van der Waals surface area contributed by atoms with Crippen LogP contribution in [0.25, 0.3) is 0 Å². The lowest BCUT2D eigenvalue weighted by molar-refractivity contribution is 0.167. The van der Waals surface area contributed by atoms with Crippen LogP contribution in [0.3, 0.4) is 0 Å². The first kappa shape index (κ1) is 11.2. The van der Waals surface area contributed by atoms with E-state index < -0.39 is 0 Å². The molecule has 0 aliphatic rings. The molecule has 0 spiro atoms. The minimum Gasteiger partial charge on any atom is -0.388 e. The van der Waals surface area contributed by atoms with Gasteiger partial charge in [0.15, 0.2) is 5.84 Å². The summed E-state index contributed by atoms with van der Waals surface area (Å²) in [6, 6.07) is 0. The van der Waals surface area contributed by atoms with Gasteiger partial charge in [-0.25, -0.2) is 5.43 Å². The van der Waals surface area contributed by atoms with Gasteiger partial charge in [-0.1, -0.05) is 0 Å². The molecule has 5 heteroatoms. The molecule has 0 aromatic rings. The van der Waals surface area contributed by atoms with Crippen LogP contribution in [0.1, 0.15) is 20.8 Å². The van der Waals surface area contributed by atoms with Crippen molar-refractivity contribution in [2.45, 2.75) is 26.3 Å². The zero-order chi connectivity index (χ0) is 9.78. The number of nitrogens with one attached hydrogen (secondary N) is 1. The molecule has 5 nitrogen and oxygen atoms in total. The van der Waals surface area contributed by atoms with Crippen molar-refractivity contribution in [1.82, 2.24) is 10.4 Å². The highest BCUT2D eigenvalue weighted by Gasteiger charge is 2.22.